The van der Waals surface area contributed by atoms with Crippen LogP contribution in [0.2, 0.25) is 0 Å². The first-order valence-electron chi connectivity index (χ1n) is 7.57. The molecule has 1 aliphatic heterocycles. The molecule has 108 valence electrons. The molecule has 1 aromatic rings. The molecule has 2 N–H and O–H groups in total. The number of carbonyl (C=O) groups excluding carboxylic acids is 1. The summed E-state index contributed by atoms with van der Waals surface area (Å²) in [4.78, 5) is 16.6. The van der Waals surface area contributed by atoms with E-state index in [1.807, 2.05) is 17.0 Å². The molecular weight excluding hydrogens is 250 g/mol. The lowest BCUT2D eigenvalue weighted by atomic mass is 9.98. The van der Waals surface area contributed by atoms with E-state index < -0.39 is 0 Å². The predicted molar refractivity (Wildman–Crippen MR) is 80.2 cm³/mol. The summed E-state index contributed by atoms with van der Waals surface area (Å²) in [6, 6.07) is 6.61. The first kappa shape index (κ1) is 13.4. The maximum Gasteiger partial charge on any atom is 0.236 e. The van der Waals surface area contributed by atoms with Gasteiger partial charge in [-0.05, 0) is 43.4 Å². The van der Waals surface area contributed by atoms with Gasteiger partial charge < -0.3 is 10.6 Å². The molecule has 0 bridgehead atoms. The fraction of sp³-hybridized carbons (Fsp3) is 0.562. The monoisotopic (exact) mass is 273 g/mol. The summed E-state index contributed by atoms with van der Waals surface area (Å²) in [5, 5.41) is 0. The van der Waals surface area contributed by atoms with Crippen LogP contribution >= 0.6 is 0 Å². The zero-order chi connectivity index (χ0) is 14.1. The van der Waals surface area contributed by atoms with Crippen molar-refractivity contribution in [2.24, 2.45) is 0 Å². The number of likely N-dealkylation sites (N-methyl/N-ethyl adjacent to an activating group) is 1. The Morgan fingerprint density at radius 1 is 1.45 bits per heavy atom. The molecule has 20 heavy (non-hydrogen) atoms. The van der Waals surface area contributed by atoms with Crippen molar-refractivity contribution in [3.63, 3.8) is 0 Å². The van der Waals surface area contributed by atoms with Gasteiger partial charge in [-0.15, -0.1) is 0 Å². The Balaban J connectivity index is 1.64. The van der Waals surface area contributed by atoms with E-state index in [1.54, 1.807) is 0 Å². The summed E-state index contributed by atoms with van der Waals surface area (Å²) < 4.78 is 0. The van der Waals surface area contributed by atoms with Gasteiger partial charge in [0.05, 0.1) is 6.54 Å². The normalized spacial score (nSPS) is 18.6. The number of nitrogen functional groups attached to an aromatic ring is 1. The number of fused-ring (bicyclic) bond motifs is 1. The Kier molecular flexibility index (Phi) is 3.66. The Morgan fingerprint density at radius 2 is 2.25 bits per heavy atom. The molecule has 0 atom stereocenters. The number of amides is 1. The molecule has 0 saturated heterocycles. The summed E-state index contributed by atoms with van der Waals surface area (Å²) in [6.45, 7) is 5.21. The minimum atomic E-state index is 0.280. The van der Waals surface area contributed by atoms with Crippen molar-refractivity contribution in [1.82, 2.24) is 9.80 Å². The number of carbonyl (C=O) groups is 1. The molecule has 1 aromatic carbocycles. The van der Waals surface area contributed by atoms with Gasteiger partial charge in [0.1, 0.15) is 0 Å². The second-order valence-electron chi connectivity index (χ2n) is 5.86. The summed E-state index contributed by atoms with van der Waals surface area (Å²) in [5.74, 6) is 0.280. The Labute approximate surface area is 120 Å². The van der Waals surface area contributed by atoms with Crippen molar-refractivity contribution < 1.29 is 4.79 Å². The average Bonchev–Trinajstić information content (AvgIpc) is 3.24. The van der Waals surface area contributed by atoms with Gasteiger partial charge in [0.15, 0.2) is 0 Å². The van der Waals surface area contributed by atoms with E-state index in [4.69, 9.17) is 5.73 Å². The van der Waals surface area contributed by atoms with Crippen molar-refractivity contribution in [3.05, 3.63) is 29.3 Å². The van der Waals surface area contributed by atoms with Gasteiger partial charge >= 0.3 is 0 Å². The minimum Gasteiger partial charge on any atom is -0.398 e. The van der Waals surface area contributed by atoms with Crippen LogP contribution in [0.1, 0.15) is 30.9 Å². The third-order valence-corrected chi connectivity index (χ3v) is 4.39. The van der Waals surface area contributed by atoms with Crippen LogP contribution < -0.4 is 5.73 Å². The third-order valence-electron chi connectivity index (χ3n) is 4.39. The third kappa shape index (κ3) is 2.66. The Hall–Kier alpha value is -1.55. The highest BCUT2D eigenvalue weighted by Crippen LogP contribution is 2.27. The molecular formula is C16H23N3O. The standard InChI is InChI=1S/C16H23N3O/c1-2-19(13-6-7-13)16(20)11-18-9-8-14-12(10-18)4-3-5-15(14)17/h3-5,13H,2,6-11,17H2,1H3. The van der Waals surface area contributed by atoms with Crippen LogP contribution in [0, 0.1) is 0 Å². The van der Waals surface area contributed by atoms with E-state index in [9.17, 15) is 4.79 Å². The van der Waals surface area contributed by atoms with Crippen molar-refractivity contribution in [2.75, 3.05) is 25.4 Å². The molecule has 0 radical (unpaired) electrons. The molecule has 0 aromatic heterocycles. The number of anilines is 1. The Bertz CT molecular complexity index is 510. The maximum absolute atomic E-state index is 12.4. The van der Waals surface area contributed by atoms with E-state index in [1.165, 1.54) is 24.0 Å². The Morgan fingerprint density at radius 3 is 2.95 bits per heavy atom. The van der Waals surface area contributed by atoms with E-state index >= 15 is 0 Å². The molecule has 4 heteroatoms. The summed E-state index contributed by atoms with van der Waals surface area (Å²) >= 11 is 0. The molecule has 3 rings (SSSR count). The summed E-state index contributed by atoms with van der Waals surface area (Å²) in [5.41, 5.74) is 9.45. The number of nitrogens with two attached hydrogens (primary N) is 1. The second-order valence-corrected chi connectivity index (χ2v) is 5.86. The molecule has 1 amide bonds. The van der Waals surface area contributed by atoms with Gasteiger partial charge in [-0.2, -0.15) is 0 Å². The lowest BCUT2D eigenvalue weighted by Crippen LogP contribution is -2.43. The van der Waals surface area contributed by atoms with Crippen molar-refractivity contribution >= 4 is 11.6 Å². The molecule has 1 heterocycles. The van der Waals surface area contributed by atoms with E-state index in [0.717, 1.165) is 31.7 Å². The van der Waals surface area contributed by atoms with Gasteiger partial charge in [-0.1, -0.05) is 12.1 Å². The van der Waals surface area contributed by atoms with Crippen LogP contribution in [0.4, 0.5) is 5.69 Å². The van der Waals surface area contributed by atoms with E-state index in [2.05, 4.69) is 17.9 Å². The smallest absolute Gasteiger partial charge is 0.236 e. The first-order chi connectivity index (χ1) is 9.69. The van der Waals surface area contributed by atoms with Crippen LogP contribution in [0.3, 0.4) is 0 Å². The van der Waals surface area contributed by atoms with Gasteiger partial charge in [0.25, 0.3) is 0 Å². The fourth-order valence-electron chi connectivity index (χ4n) is 3.14. The van der Waals surface area contributed by atoms with Gasteiger partial charge in [0.2, 0.25) is 5.91 Å². The number of nitrogens with zero attached hydrogens (tertiary/aromatic N) is 2. The lowest BCUT2D eigenvalue weighted by Gasteiger charge is -2.31. The van der Waals surface area contributed by atoms with Crippen LogP contribution in [-0.4, -0.2) is 41.4 Å². The fourth-order valence-corrected chi connectivity index (χ4v) is 3.14. The molecule has 1 fully saturated rings. The molecule has 1 aliphatic carbocycles. The first-order valence-corrected chi connectivity index (χ1v) is 7.57. The minimum absolute atomic E-state index is 0.280. The average molecular weight is 273 g/mol. The van der Waals surface area contributed by atoms with Gasteiger partial charge in [-0.25, -0.2) is 0 Å². The molecule has 2 aliphatic rings. The van der Waals surface area contributed by atoms with Crippen LogP contribution in [-0.2, 0) is 17.8 Å². The SMILES string of the molecule is CCN(C(=O)CN1CCc2c(N)cccc2C1)C1CC1. The van der Waals surface area contributed by atoms with Crippen molar-refractivity contribution in [3.8, 4) is 0 Å². The number of hydrogen-bond acceptors (Lipinski definition) is 3. The molecule has 0 unspecified atom stereocenters. The number of rotatable bonds is 4. The van der Waals surface area contributed by atoms with Crippen molar-refractivity contribution in [2.45, 2.75) is 38.8 Å². The topological polar surface area (TPSA) is 49.6 Å². The molecule has 1 saturated carbocycles. The lowest BCUT2D eigenvalue weighted by molar-refractivity contribution is -0.133. The van der Waals surface area contributed by atoms with Crippen LogP contribution in [0.5, 0.6) is 0 Å². The predicted octanol–water partition coefficient (Wildman–Crippen LogP) is 1.64. The maximum atomic E-state index is 12.4. The highest BCUT2D eigenvalue weighted by Gasteiger charge is 2.32. The quantitative estimate of drug-likeness (QED) is 0.848. The van der Waals surface area contributed by atoms with Crippen LogP contribution in [0.15, 0.2) is 18.2 Å². The van der Waals surface area contributed by atoms with Gasteiger partial charge in [-0.3, -0.25) is 9.69 Å². The summed E-state index contributed by atoms with van der Waals surface area (Å²) in [6.07, 6.45) is 3.31. The second kappa shape index (κ2) is 5.44. The zero-order valence-corrected chi connectivity index (χ0v) is 12.1. The summed E-state index contributed by atoms with van der Waals surface area (Å²) in [7, 11) is 0. The van der Waals surface area contributed by atoms with Crippen molar-refractivity contribution in [1.29, 1.82) is 0 Å². The number of benzene rings is 1. The molecule has 4 nitrogen and oxygen atoms in total. The highest BCUT2D eigenvalue weighted by molar-refractivity contribution is 5.79. The largest absolute Gasteiger partial charge is 0.398 e. The highest BCUT2D eigenvalue weighted by atomic mass is 16.2. The zero-order valence-electron chi connectivity index (χ0n) is 12.1. The molecule has 0 spiro atoms. The number of hydrogen-bond donors (Lipinski definition) is 1. The van der Waals surface area contributed by atoms with E-state index in [-0.39, 0.29) is 5.91 Å². The van der Waals surface area contributed by atoms with Crippen LogP contribution in [0.25, 0.3) is 0 Å². The van der Waals surface area contributed by atoms with Gasteiger partial charge in [0, 0.05) is 31.4 Å². The van der Waals surface area contributed by atoms with E-state index in [0.29, 0.717) is 12.6 Å².